The second kappa shape index (κ2) is 12.8. The number of nitrogens with zero attached hydrogens (tertiary/aromatic N) is 2. The van der Waals surface area contributed by atoms with Crippen LogP contribution in [0.15, 0.2) is 157 Å². The molecule has 6 heteroatoms. The number of hydrogen-bond donors (Lipinski definition) is 0. The topological polar surface area (TPSA) is 41.9 Å². The highest BCUT2D eigenvalue weighted by Crippen LogP contribution is 2.68. The molecule has 6 rings (SSSR count). The Morgan fingerprint density at radius 1 is 0.636 bits per heavy atom. The summed E-state index contributed by atoms with van der Waals surface area (Å²) in [7, 11) is -2.64. The third-order valence-electron chi connectivity index (χ3n) is 8.55. The van der Waals surface area contributed by atoms with Crippen molar-refractivity contribution in [1.82, 2.24) is 5.01 Å². The molecule has 0 atom stereocenters. The molecule has 0 saturated heterocycles. The summed E-state index contributed by atoms with van der Waals surface area (Å²) >= 11 is 0. The summed E-state index contributed by atoms with van der Waals surface area (Å²) in [4.78, 5) is 14.2. The molecule has 5 aromatic rings. The average molecular weight is 619 g/mol. The first-order chi connectivity index (χ1) is 21.0. The lowest BCUT2D eigenvalue weighted by Gasteiger charge is -2.46. The van der Waals surface area contributed by atoms with Crippen LogP contribution in [-0.2, 0) is 10.3 Å². The van der Waals surface area contributed by atoms with E-state index in [4.69, 9.17) is 9.84 Å². The van der Waals surface area contributed by atoms with Crippen molar-refractivity contribution in [1.29, 1.82) is 0 Å². The number of hydrazone groups is 1. The van der Waals surface area contributed by atoms with Crippen LogP contribution in [0.3, 0.4) is 0 Å². The maximum absolute atomic E-state index is 14.2. The number of ether oxygens (including phenoxy) is 1. The lowest BCUT2D eigenvalue weighted by molar-refractivity contribution is -0.0000183. The van der Waals surface area contributed by atoms with E-state index in [0.29, 0.717) is 0 Å². The Kier molecular flexibility index (Phi) is 9.06. The lowest BCUT2D eigenvalue weighted by atomic mass is 9.65. The molecule has 1 aliphatic heterocycles. The van der Waals surface area contributed by atoms with Gasteiger partial charge in [0.2, 0.25) is 5.45 Å². The molecule has 5 aromatic carbocycles. The monoisotopic (exact) mass is 618 g/mol. The van der Waals surface area contributed by atoms with E-state index in [0.717, 1.165) is 16.6 Å². The van der Waals surface area contributed by atoms with Gasteiger partial charge in [-0.2, -0.15) is 5.01 Å². The summed E-state index contributed by atoms with van der Waals surface area (Å²) in [6.45, 7) is 6.57. The van der Waals surface area contributed by atoms with Crippen LogP contribution in [0.5, 0.6) is 0 Å². The second-order valence-electron chi connectivity index (χ2n) is 11.2. The molecule has 222 valence electrons. The van der Waals surface area contributed by atoms with Gasteiger partial charge < -0.3 is 17.1 Å². The van der Waals surface area contributed by atoms with Crippen LogP contribution < -0.4 is 28.3 Å². The summed E-state index contributed by atoms with van der Waals surface area (Å²) in [5.74, 6) is 0. The fourth-order valence-electron chi connectivity index (χ4n) is 6.83. The molecular formula is C38H36ClN2O2P. The summed E-state index contributed by atoms with van der Waals surface area (Å²) < 4.78 is 5.79. The zero-order valence-corrected chi connectivity index (χ0v) is 26.8. The van der Waals surface area contributed by atoms with E-state index >= 15 is 0 Å². The molecule has 0 fully saturated rings. The van der Waals surface area contributed by atoms with Crippen molar-refractivity contribution < 1.29 is 21.9 Å². The predicted molar refractivity (Wildman–Crippen MR) is 179 cm³/mol. The van der Waals surface area contributed by atoms with Gasteiger partial charge in [0.25, 0.3) is 0 Å². The molecule has 0 unspecified atom stereocenters. The molecular weight excluding hydrogens is 583 g/mol. The number of halogens is 1. The van der Waals surface area contributed by atoms with E-state index in [1.165, 1.54) is 15.9 Å². The molecule has 1 aliphatic rings. The van der Waals surface area contributed by atoms with Crippen molar-refractivity contribution >= 4 is 34.7 Å². The Morgan fingerprint density at radius 3 is 1.32 bits per heavy atom. The van der Waals surface area contributed by atoms with Crippen LogP contribution >= 0.6 is 7.26 Å². The molecule has 0 aliphatic carbocycles. The quantitative estimate of drug-likeness (QED) is 0.247. The van der Waals surface area contributed by atoms with Gasteiger partial charge in [-0.3, -0.25) is 0 Å². The minimum Gasteiger partial charge on any atom is -1.00 e. The van der Waals surface area contributed by atoms with E-state index in [9.17, 15) is 4.79 Å². The van der Waals surface area contributed by atoms with Crippen molar-refractivity contribution in [2.75, 3.05) is 6.61 Å². The molecule has 1 amide bonds. The molecule has 1 heterocycles. The van der Waals surface area contributed by atoms with E-state index < -0.39 is 24.3 Å². The first kappa shape index (κ1) is 31.2. The molecule has 0 N–H and O–H groups in total. The van der Waals surface area contributed by atoms with Gasteiger partial charge in [0.15, 0.2) is 7.26 Å². The van der Waals surface area contributed by atoms with Crippen LogP contribution in [0.2, 0.25) is 0 Å². The first-order valence-electron chi connectivity index (χ1n) is 14.7. The zero-order valence-electron chi connectivity index (χ0n) is 25.2. The number of amides is 1. The van der Waals surface area contributed by atoms with Crippen LogP contribution in [-0.4, -0.2) is 23.2 Å². The highest BCUT2D eigenvalue weighted by atomic mass is 35.5. The van der Waals surface area contributed by atoms with Crippen LogP contribution in [0, 0.1) is 5.41 Å². The molecule has 44 heavy (non-hydrogen) atoms. The van der Waals surface area contributed by atoms with Gasteiger partial charge >= 0.3 is 6.09 Å². The normalized spacial score (nSPS) is 15.2. The number of carbonyl (C=O) groups is 1. The fraction of sp³-hybridized carbons (Fsp3) is 0.158. The standard InChI is InChI=1S/C38H36N2O2P.ClH/c1-4-42-36(41)40-38(30-20-10-5-11-21-30,31-22-12-6-13-23-31)37(2,3)35(39-40)43(32-24-14-7-15-25-32,33-26-16-8-17-27-33)34-28-18-9-19-29-34;/h5-29H,4H2,1-3H3;1H/q+1;/p-1. The lowest BCUT2D eigenvalue weighted by Crippen LogP contribution is -3.00. The smallest absolute Gasteiger partial charge is 0.431 e. The Morgan fingerprint density at radius 2 is 0.977 bits per heavy atom. The SMILES string of the molecule is CCOC(=O)N1N=C([P+](c2ccccc2)(c2ccccc2)c2ccccc2)C(C)(C)C1(c1ccccc1)c1ccccc1.[Cl-]. The molecule has 0 bridgehead atoms. The fourth-order valence-corrected chi connectivity index (χ4v) is 11.5. The number of hydrogen-bond acceptors (Lipinski definition) is 3. The van der Waals surface area contributed by atoms with Gasteiger partial charge in [0.05, 0.1) is 12.0 Å². The van der Waals surface area contributed by atoms with E-state index in [2.05, 4.69) is 129 Å². The van der Waals surface area contributed by atoms with E-state index in [1.54, 1.807) is 5.01 Å². The number of benzene rings is 5. The molecule has 0 spiro atoms. The Labute approximate surface area is 267 Å². The van der Waals surface area contributed by atoms with Gasteiger partial charge in [-0.1, -0.05) is 115 Å². The van der Waals surface area contributed by atoms with Crippen molar-refractivity contribution in [3.63, 3.8) is 0 Å². The van der Waals surface area contributed by atoms with Crippen molar-refractivity contribution in [2.24, 2.45) is 10.5 Å². The summed E-state index contributed by atoms with van der Waals surface area (Å²) in [5, 5.41) is 10.7. The summed E-state index contributed by atoms with van der Waals surface area (Å²) in [5.41, 5.74) is 1.23. The second-order valence-corrected chi connectivity index (χ2v) is 14.5. The number of rotatable bonds is 7. The maximum Gasteiger partial charge on any atom is 0.431 e. The highest BCUT2D eigenvalue weighted by Gasteiger charge is 2.70. The number of carbonyl (C=O) groups excluding carboxylic acids is 1. The Hall–Kier alpha value is -4.24. The third kappa shape index (κ3) is 4.74. The highest BCUT2D eigenvalue weighted by molar-refractivity contribution is 8.08. The summed E-state index contributed by atoms with van der Waals surface area (Å²) in [6.07, 6.45) is -0.467. The zero-order chi connectivity index (χ0) is 29.9. The minimum atomic E-state index is -2.64. The molecule has 0 saturated carbocycles. The van der Waals surface area contributed by atoms with Crippen LogP contribution in [0.4, 0.5) is 4.79 Å². The van der Waals surface area contributed by atoms with Crippen molar-refractivity contribution in [3.05, 3.63) is 163 Å². The van der Waals surface area contributed by atoms with E-state index in [-0.39, 0.29) is 19.0 Å². The van der Waals surface area contributed by atoms with Gasteiger partial charge in [0, 0.05) is 0 Å². The first-order valence-corrected chi connectivity index (χ1v) is 16.5. The van der Waals surface area contributed by atoms with Crippen molar-refractivity contribution in [3.8, 4) is 0 Å². The van der Waals surface area contributed by atoms with Gasteiger partial charge in [-0.15, -0.1) is 5.10 Å². The average Bonchev–Trinajstić information content (AvgIpc) is 3.32. The van der Waals surface area contributed by atoms with Crippen LogP contribution in [0.25, 0.3) is 0 Å². The Bertz CT molecular complexity index is 1580. The molecule has 0 aromatic heterocycles. The predicted octanol–water partition coefficient (Wildman–Crippen LogP) is 4.74. The van der Waals surface area contributed by atoms with Crippen molar-refractivity contribution in [2.45, 2.75) is 26.3 Å². The van der Waals surface area contributed by atoms with Gasteiger partial charge in [-0.25, -0.2) is 4.79 Å². The largest absolute Gasteiger partial charge is 1.00 e. The Balaban J connectivity index is 0.00000384. The summed E-state index contributed by atoms with van der Waals surface area (Å²) in [6, 6.07) is 52.6. The van der Waals surface area contributed by atoms with Crippen LogP contribution in [0.1, 0.15) is 31.9 Å². The van der Waals surface area contributed by atoms with Gasteiger partial charge in [-0.05, 0) is 68.3 Å². The minimum absolute atomic E-state index is 0. The van der Waals surface area contributed by atoms with Gasteiger partial charge in [0.1, 0.15) is 21.5 Å². The van der Waals surface area contributed by atoms with E-state index in [1.807, 2.05) is 43.3 Å². The molecule has 0 radical (unpaired) electrons. The maximum atomic E-state index is 14.2. The molecule has 4 nitrogen and oxygen atoms in total. The third-order valence-corrected chi connectivity index (χ3v) is 13.1.